The summed E-state index contributed by atoms with van der Waals surface area (Å²) in [6.07, 6.45) is 3.05. The summed E-state index contributed by atoms with van der Waals surface area (Å²) in [5, 5.41) is 1.06. The van der Waals surface area contributed by atoms with E-state index in [4.69, 9.17) is 21.1 Å². The molecule has 0 amide bonds. The Labute approximate surface area is 137 Å². The van der Waals surface area contributed by atoms with Crippen LogP contribution in [-0.2, 0) is 4.74 Å². The molecule has 3 aromatic rings. The quantitative estimate of drug-likeness (QED) is 0.529. The predicted molar refractivity (Wildman–Crippen MR) is 87.0 cm³/mol. The third-order valence-electron chi connectivity index (χ3n) is 3.15. The first-order valence-electron chi connectivity index (χ1n) is 7.03. The number of aromatic nitrogens is 2. The van der Waals surface area contributed by atoms with Crippen LogP contribution in [0.4, 0.5) is 0 Å². The zero-order valence-electron chi connectivity index (χ0n) is 12.3. The maximum absolute atomic E-state index is 12.0. The van der Waals surface area contributed by atoms with Crippen molar-refractivity contribution in [1.82, 2.24) is 9.97 Å². The van der Waals surface area contributed by atoms with E-state index >= 15 is 0 Å². The smallest absolute Gasteiger partial charge is 0.343 e. The minimum Gasteiger partial charge on any atom is -0.462 e. The Morgan fingerprint density at radius 2 is 2.04 bits per heavy atom. The fraction of sp³-hybridized carbons (Fsp3) is 0.118. The van der Waals surface area contributed by atoms with Gasteiger partial charge in [0.2, 0.25) is 0 Å². The molecule has 0 aliphatic rings. The summed E-state index contributed by atoms with van der Waals surface area (Å²) in [4.78, 5) is 20.2. The van der Waals surface area contributed by atoms with E-state index in [0.29, 0.717) is 11.5 Å². The van der Waals surface area contributed by atoms with Gasteiger partial charge in [0.05, 0.1) is 12.1 Å². The topological polar surface area (TPSA) is 61.3 Å². The summed E-state index contributed by atoms with van der Waals surface area (Å²) in [6.45, 7) is 2.00. The van der Waals surface area contributed by atoms with Gasteiger partial charge in [-0.3, -0.25) is 4.98 Å². The van der Waals surface area contributed by atoms with Gasteiger partial charge in [-0.15, -0.1) is 0 Å². The van der Waals surface area contributed by atoms with E-state index in [9.17, 15) is 4.79 Å². The SMILES string of the molecule is CCOC(=O)c1cnc(Cl)cc1Oc1cccc2ncccc12. The fourth-order valence-corrected chi connectivity index (χ4v) is 2.29. The lowest BCUT2D eigenvalue weighted by Gasteiger charge is -2.12. The van der Waals surface area contributed by atoms with Crippen LogP contribution in [0, 0.1) is 0 Å². The fourth-order valence-electron chi connectivity index (χ4n) is 2.14. The van der Waals surface area contributed by atoms with Crippen molar-refractivity contribution in [2.24, 2.45) is 0 Å². The Morgan fingerprint density at radius 1 is 1.17 bits per heavy atom. The molecule has 23 heavy (non-hydrogen) atoms. The number of fused-ring (bicyclic) bond motifs is 1. The number of halogens is 1. The highest BCUT2D eigenvalue weighted by atomic mass is 35.5. The molecule has 2 aromatic heterocycles. The molecule has 0 aliphatic heterocycles. The van der Waals surface area contributed by atoms with Gasteiger partial charge in [-0.1, -0.05) is 17.7 Å². The number of nitrogens with zero attached hydrogens (tertiary/aromatic N) is 2. The van der Waals surface area contributed by atoms with E-state index in [1.54, 1.807) is 19.2 Å². The highest BCUT2D eigenvalue weighted by Crippen LogP contribution is 2.32. The van der Waals surface area contributed by atoms with Crippen LogP contribution >= 0.6 is 11.6 Å². The normalized spacial score (nSPS) is 10.5. The largest absolute Gasteiger partial charge is 0.462 e. The van der Waals surface area contributed by atoms with E-state index in [1.807, 2.05) is 24.3 Å². The Morgan fingerprint density at radius 3 is 2.87 bits per heavy atom. The molecular formula is C17H13ClN2O3. The number of esters is 1. The van der Waals surface area contributed by atoms with Crippen LogP contribution in [0.2, 0.25) is 5.15 Å². The van der Waals surface area contributed by atoms with Crippen molar-refractivity contribution < 1.29 is 14.3 Å². The first-order chi connectivity index (χ1) is 11.2. The maximum atomic E-state index is 12.0. The zero-order valence-corrected chi connectivity index (χ0v) is 13.1. The molecule has 0 atom stereocenters. The van der Waals surface area contributed by atoms with Gasteiger partial charge in [0.15, 0.2) is 0 Å². The average molecular weight is 329 g/mol. The van der Waals surface area contributed by atoms with Crippen LogP contribution in [0.5, 0.6) is 11.5 Å². The molecule has 0 unspecified atom stereocenters. The van der Waals surface area contributed by atoms with Gasteiger partial charge in [0.1, 0.15) is 22.2 Å². The third-order valence-corrected chi connectivity index (χ3v) is 3.36. The van der Waals surface area contributed by atoms with Crippen molar-refractivity contribution in [3.05, 3.63) is 59.5 Å². The van der Waals surface area contributed by atoms with Crippen LogP contribution in [-0.4, -0.2) is 22.5 Å². The summed E-state index contributed by atoms with van der Waals surface area (Å²) >= 11 is 5.93. The second-order valence-corrected chi connectivity index (χ2v) is 5.04. The zero-order chi connectivity index (χ0) is 16.2. The summed E-state index contributed by atoms with van der Waals surface area (Å²) in [7, 11) is 0. The lowest BCUT2D eigenvalue weighted by atomic mass is 10.2. The summed E-state index contributed by atoms with van der Waals surface area (Å²) in [5.41, 5.74) is 1.01. The molecule has 3 rings (SSSR count). The Bertz CT molecular complexity index is 862. The lowest BCUT2D eigenvalue weighted by molar-refractivity contribution is 0.0523. The molecule has 6 heteroatoms. The number of carbonyl (C=O) groups is 1. The minimum atomic E-state index is -0.509. The molecule has 0 bridgehead atoms. The number of carbonyl (C=O) groups excluding carboxylic acids is 1. The van der Waals surface area contributed by atoms with Crippen molar-refractivity contribution >= 4 is 28.5 Å². The molecule has 2 heterocycles. The number of pyridine rings is 2. The molecule has 1 aromatic carbocycles. The molecule has 0 aliphatic carbocycles. The van der Waals surface area contributed by atoms with E-state index in [1.165, 1.54) is 12.3 Å². The van der Waals surface area contributed by atoms with Gasteiger partial charge in [-0.05, 0) is 31.2 Å². The Balaban J connectivity index is 2.05. The average Bonchev–Trinajstić information content (AvgIpc) is 2.55. The lowest BCUT2D eigenvalue weighted by Crippen LogP contribution is -2.07. The van der Waals surface area contributed by atoms with Crippen LogP contribution < -0.4 is 4.74 Å². The van der Waals surface area contributed by atoms with E-state index in [2.05, 4.69) is 9.97 Å². The molecule has 5 nitrogen and oxygen atoms in total. The summed E-state index contributed by atoms with van der Waals surface area (Å²) < 4.78 is 10.9. The number of hydrogen-bond acceptors (Lipinski definition) is 5. The van der Waals surface area contributed by atoms with E-state index in [-0.39, 0.29) is 17.3 Å². The Kier molecular flexibility index (Phi) is 4.39. The van der Waals surface area contributed by atoms with Crippen LogP contribution in [0.15, 0.2) is 48.8 Å². The Hall–Kier alpha value is -2.66. The van der Waals surface area contributed by atoms with Gasteiger partial charge in [-0.25, -0.2) is 9.78 Å². The van der Waals surface area contributed by atoms with E-state index < -0.39 is 5.97 Å². The second-order valence-electron chi connectivity index (χ2n) is 4.65. The number of ether oxygens (including phenoxy) is 2. The van der Waals surface area contributed by atoms with Gasteiger partial charge in [0, 0.05) is 23.8 Å². The van der Waals surface area contributed by atoms with Crippen LogP contribution in [0.3, 0.4) is 0 Å². The molecule has 0 saturated heterocycles. The van der Waals surface area contributed by atoms with Crippen molar-refractivity contribution in [3.63, 3.8) is 0 Å². The highest BCUT2D eigenvalue weighted by molar-refractivity contribution is 6.29. The molecular weight excluding hydrogens is 316 g/mol. The maximum Gasteiger partial charge on any atom is 0.343 e. The monoisotopic (exact) mass is 328 g/mol. The van der Waals surface area contributed by atoms with Gasteiger partial charge >= 0.3 is 5.97 Å². The number of benzene rings is 1. The molecule has 116 valence electrons. The van der Waals surface area contributed by atoms with Crippen LogP contribution in [0.25, 0.3) is 10.9 Å². The second kappa shape index (κ2) is 6.62. The van der Waals surface area contributed by atoms with Crippen LogP contribution in [0.1, 0.15) is 17.3 Å². The van der Waals surface area contributed by atoms with Crippen molar-refractivity contribution in [1.29, 1.82) is 0 Å². The minimum absolute atomic E-state index is 0.220. The first kappa shape index (κ1) is 15.2. The standard InChI is InChI=1S/C17H13ClN2O3/c1-2-22-17(21)12-10-20-16(18)9-15(12)23-14-7-3-6-13-11(14)5-4-8-19-13/h3-10H,2H2,1H3. The molecule has 0 radical (unpaired) electrons. The van der Waals surface area contributed by atoms with Gasteiger partial charge in [0.25, 0.3) is 0 Å². The van der Waals surface area contributed by atoms with E-state index in [0.717, 1.165) is 10.9 Å². The van der Waals surface area contributed by atoms with Crippen molar-refractivity contribution in [2.45, 2.75) is 6.92 Å². The molecule has 0 N–H and O–H groups in total. The van der Waals surface area contributed by atoms with Crippen molar-refractivity contribution in [3.8, 4) is 11.5 Å². The summed E-state index contributed by atoms with van der Waals surface area (Å²) in [6, 6.07) is 10.7. The third kappa shape index (κ3) is 3.24. The number of rotatable bonds is 4. The summed E-state index contributed by atoms with van der Waals surface area (Å²) in [5.74, 6) is 0.355. The van der Waals surface area contributed by atoms with Crippen molar-refractivity contribution in [2.75, 3.05) is 6.61 Å². The van der Waals surface area contributed by atoms with Gasteiger partial charge < -0.3 is 9.47 Å². The molecule has 0 spiro atoms. The highest BCUT2D eigenvalue weighted by Gasteiger charge is 2.17. The predicted octanol–water partition coefficient (Wildman–Crippen LogP) is 4.25. The first-order valence-corrected chi connectivity index (χ1v) is 7.41. The molecule has 0 saturated carbocycles. The molecule has 0 fully saturated rings. The number of hydrogen-bond donors (Lipinski definition) is 0. The van der Waals surface area contributed by atoms with Gasteiger partial charge in [-0.2, -0.15) is 0 Å².